The van der Waals surface area contributed by atoms with Crippen molar-refractivity contribution in [3.8, 4) is 5.75 Å². The van der Waals surface area contributed by atoms with Gasteiger partial charge in [0.15, 0.2) is 0 Å². The Morgan fingerprint density at radius 3 is 2.15 bits per heavy atom. The van der Waals surface area contributed by atoms with E-state index in [0.717, 1.165) is 28.0 Å². The van der Waals surface area contributed by atoms with Crippen molar-refractivity contribution < 1.29 is 4.74 Å². The number of hydrogen-bond donors (Lipinski definition) is 0. The summed E-state index contributed by atoms with van der Waals surface area (Å²) in [5.74, 6) is 0.884. The summed E-state index contributed by atoms with van der Waals surface area (Å²) in [6, 6.07) is 9.34. The van der Waals surface area contributed by atoms with Crippen LogP contribution in [-0.2, 0) is 0 Å². The van der Waals surface area contributed by atoms with E-state index < -0.39 is 0 Å². The molecular weight excluding hydrogens is 315 g/mol. The van der Waals surface area contributed by atoms with Gasteiger partial charge in [0.05, 0.1) is 12.5 Å². The minimum absolute atomic E-state index is 0.343. The molecule has 1 atom stereocenters. The molecule has 0 spiro atoms. The fourth-order valence-electron chi connectivity index (χ4n) is 2.34. The molecule has 4 heteroatoms. The smallest absolute Gasteiger partial charge is 0.124 e. The lowest BCUT2D eigenvalue weighted by atomic mass is 9.99. The Morgan fingerprint density at radius 1 is 1.00 bits per heavy atom. The first-order valence-electron chi connectivity index (χ1n) is 6.18. The first-order chi connectivity index (χ1) is 9.43. The van der Waals surface area contributed by atoms with Gasteiger partial charge in [0.2, 0.25) is 0 Å². The van der Waals surface area contributed by atoms with Crippen LogP contribution in [0.5, 0.6) is 5.75 Å². The van der Waals surface area contributed by atoms with Crippen LogP contribution in [0.25, 0.3) is 0 Å². The predicted octanol–water partition coefficient (Wildman–Crippen LogP) is 5.95. The number of aryl methyl sites for hydroxylation is 2. The maximum atomic E-state index is 6.56. The Kier molecular flexibility index (Phi) is 4.85. The molecular formula is C16H15Cl3O. The molecule has 0 aliphatic rings. The molecule has 0 aliphatic carbocycles. The zero-order valence-corrected chi connectivity index (χ0v) is 13.8. The highest BCUT2D eigenvalue weighted by atomic mass is 35.5. The van der Waals surface area contributed by atoms with Crippen LogP contribution in [0.2, 0.25) is 10.0 Å². The molecule has 0 bridgehead atoms. The fraction of sp³-hybridized carbons (Fsp3) is 0.250. The monoisotopic (exact) mass is 328 g/mol. The van der Waals surface area contributed by atoms with Crippen LogP contribution in [0.15, 0.2) is 30.3 Å². The molecule has 0 aliphatic heterocycles. The lowest BCUT2D eigenvalue weighted by Gasteiger charge is -2.16. The lowest BCUT2D eigenvalue weighted by Crippen LogP contribution is -1.99. The summed E-state index contributed by atoms with van der Waals surface area (Å²) in [6.07, 6.45) is 0. The summed E-state index contributed by atoms with van der Waals surface area (Å²) in [5.41, 5.74) is 3.88. The average Bonchev–Trinajstić information content (AvgIpc) is 2.40. The fourth-order valence-corrected chi connectivity index (χ4v) is 3.11. The molecule has 0 aromatic heterocycles. The molecule has 106 valence electrons. The molecule has 2 aromatic rings. The van der Waals surface area contributed by atoms with Gasteiger partial charge in [-0.15, -0.1) is 11.6 Å². The number of benzene rings is 2. The van der Waals surface area contributed by atoms with E-state index in [1.54, 1.807) is 25.3 Å². The van der Waals surface area contributed by atoms with Gasteiger partial charge < -0.3 is 4.74 Å². The first kappa shape index (κ1) is 15.5. The van der Waals surface area contributed by atoms with Crippen molar-refractivity contribution in [1.82, 2.24) is 0 Å². The summed E-state index contributed by atoms with van der Waals surface area (Å²) in [6.45, 7) is 4.00. The lowest BCUT2D eigenvalue weighted by molar-refractivity contribution is 0.408. The molecule has 1 unspecified atom stereocenters. The Labute approximate surface area is 134 Å². The van der Waals surface area contributed by atoms with Gasteiger partial charge in [-0.3, -0.25) is 0 Å². The van der Waals surface area contributed by atoms with Crippen molar-refractivity contribution in [3.63, 3.8) is 0 Å². The van der Waals surface area contributed by atoms with Gasteiger partial charge >= 0.3 is 0 Å². The predicted molar refractivity (Wildman–Crippen MR) is 86.6 cm³/mol. The molecule has 0 N–H and O–H groups in total. The van der Waals surface area contributed by atoms with E-state index in [2.05, 4.69) is 0 Å². The van der Waals surface area contributed by atoms with Crippen LogP contribution >= 0.6 is 34.8 Å². The van der Waals surface area contributed by atoms with Gasteiger partial charge in [0.25, 0.3) is 0 Å². The summed E-state index contributed by atoms with van der Waals surface area (Å²) >= 11 is 18.8. The van der Waals surface area contributed by atoms with Crippen LogP contribution in [0, 0.1) is 13.8 Å². The Hall–Kier alpha value is -0.890. The van der Waals surface area contributed by atoms with Crippen molar-refractivity contribution in [3.05, 3.63) is 62.6 Å². The number of halogens is 3. The highest BCUT2D eigenvalue weighted by Gasteiger charge is 2.17. The van der Waals surface area contributed by atoms with Crippen molar-refractivity contribution in [2.75, 3.05) is 7.11 Å². The molecule has 0 heterocycles. The van der Waals surface area contributed by atoms with E-state index in [4.69, 9.17) is 39.5 Å². The van der Waals surface area contributed by atoms with Gasteiger partial charge in [0.1, 0.15) is 5.75 Å². The van der Waals surface area contributed by atoms with Crippen LogP contribution in [-0.4, -0.2) is 7.11 Å². The molecule has 0 radical (unpaired) electrons. The van der Waals surface area contributed by atoms with E-state index in [0.29, 0.717) is 10.0 Å². The standard InChI is InChI=1S/C16H15Cl3O/c1-9-6-11(7-10(2)16(9)20-3)15(19)13-8-12(17)4-5-14(13)18/h4-8,15H,1-3H3. The zero-order valence-electron chi connectivity index (χ0n) is 11.5. The normalized spacial score (nSPS) is 12.3. The van der Waals surface area contributed by atoms with Crippen LogP contribution in [0.4, 0.5) is 0 Å². The summed E-state index contributed by atoms with van der Waals surface area (Å²) in [7, 11) is 1.67. The minimum atomic E-state index is -0.343. The first-order valence-corrected chi connectivity index (χ1v) is 7.37. The van der Waals surface area contributed by atoms with Gasteiger partial charge in [-0.2, -0.15) is 0 Å². The van der Waals surface area contributed by atoms with Crippen molar-refractivity contribution in [2.24, 2.45) is 0 Å². The van der Waals surface area contributed by atoms with E-state index in [1.807, 2.05) is 26.0 Å². The second kappa shape index (κ2) is 6.26. The minimum Gasteiger partial charge on any atom is -0.496 e. The zero-order chi connectivity index (χ0) is 14.9. The maximum Gasteiger partial charge on any atom is 0.124 e. The van der Waals surface area contributed by atoms with Gasteiger partial charge in [-0.25, -0.2) is 0 Å². The number of alkyl halides is 1. The quantitative estimate of drug-likeness (QED) is 0.632. The molecule has 1 nitrogen and oxygen atoms in total. The average molecular weight is 330 g/mol. The van der Waals surface area contributed by atoms with E-state index >= 15 is 0 Å². The largest absolute Gasteiger partial charge is 0.496 e. The van der Waals surface area contributed by atoms with Crippen molar-refractivity contribution in [2.45, 2.75) is 19.2 Å². The third-order valence-electron chi connectivity index (χ3n) is 3.21. The summed E-state index contributed by atoms with van der Waals surface area (Å²) < 4.78 is 5.37. The van der Waals surface area contributed by atoms with Crippen LogP contribution in [0.3, 0.4) is 0 Å². The molecule has 2 aromatic carbocycles. The third kappa shape index (κ3) is 3.06. The van der Waals surface area contributed by atoms with Crippen molar-refractivity contribution >= 4 is 34.8 Å². The van der Waals surface area contributed by atoms with Gasteiger partial charge in [-0.1, -0.05) is 35.3 Å². The van der Waals surface area contributed by atoms with Crippen molar-refractivity contribution in [1.29, 1.82) is 0 Å². The highest BCUT2D eigenvalue weighted by molar-refractivity contribution is 6.35. The van der Waals surface area contributed by atoms with E-state index in [1.165, 1.54) is 0 Å². The molecule has 0 fully saturated rings. The van der Waals surface area contributed by atoms with Crippen LogP contribution < -0.4 is 4.74 Å². The molecule has 0 saturated heterocycles. The second-order valence-corrected chi connectivity index (χ2v) is 6.00. The Morgan fingerprint density at radius 2 is 1.60 bits per heavy atom. The number of ether oxygens (including phenoxy) is 1. The third-order valence-corrected chi connectivity index (χ3v) is 4.28. The number of rotatable bonds is 3. The molecule has 0 saturated carbocycles. The number of methoxy groups -OCH3 is 1. The SMILES string of the molecule is COc1c(C)cc(C(Cl)c2cc(Cl)ccc2Cl)cc1C. The second-order valence-electron chi connectivity index (χ2n) is 4.72. The Bertz CT molecular complexity index is 615. The maximum absolute atomic E-state index is 6.56. The molecule has 2 rings (SSSR count). The topological polar surface area (TPSA) is 9.23 Å². The summed E-state index contributed by atoms with van der Waals surface area (Å²) in [5, 5.41) is 0.891. The molecule has 20 heavy (non-hydrogen) atoms. The number of hydrogen-bond acceptors (Lipinski definition) is 1. The summed E-state index contributed by atoms with van der Waals surface area (Å²) in [4.78, 5) is 0. The van der Waals surface area contributed by atoms with Gasteiger partial charge in [0, 0.05) is 10.0 Å². The molecule has 0 amide bonds. The van der Waals surface area contributed by atoms with E-state index in [-0.39, 0.29) is 5.38 Å². The van der Waals surface area contributed by atoms with E-state index in [9.17, 15) is 0 Å². The highest BCUT2D eigenvalue weighted by Crippen LogP contribution is 2.37. The van der Waals surface area contributed by atoms with Gasteiger partial charge in [-0.05, 0) is 54.3 Å². The Balaban J connectivity index is 2.48. The van der Waals surface area contributed by atoms with Crippen LogP contribution in [0.1, 0.15) is 27.6 Å².